The van der Waals surface area contributed by atoms with E-state index in [0.29, 0.717) is 12.5 Å². The number of hydrogen-bond donors (Lipinski definition) is 0. The van der Waals surface area contributed by atoms with Gasteiger partial charge in [0.1, 0.15) is 0 Å². The standard InChI is InChI=1S/C16H23N5O2/c1-11-7-12(2)21(19-11)9-14-8-20(5-6-22-14)10-15-17-18-16(23-15)13-3-4-13/h7,13-14H,3-6,8-10H2,1-2H3/t14-/m1/s1. The van der Waals surface area contributed by atoms with Gasteiger partial charge in [0, 0.05) is 24.7 Å². The second kappa shape index (κ2) is 6.05. The van der Waals surface area contributed by atoms with Gasteiger partial charge >= 0.3 is 0 Å². The molecule has 0 unspecified atom stereocenters. The highest BCUT2D eigenvalue weighted by Gasteiger charge is 2.30. The van der Waals surface area contributed by atoms with E-state index in [4.69, 9.17) is 9.15 Å². The molecule has 0 aromatic carbocycles. The van der Waals surface area contributed by atoms with Crippen LogP contribution in [-0.4, -0.2) is 50.7 Å². The normalized spacial score (nSPS) is 22.6. The predicted molar refractivity (Wildman–Crippen MR) is 83.0 cm³/mol. The van der Waals surface area contributed by atoms with Crippen molar-refractivity contribution in [3.63, 3.8) is 0 Å². The highest BCUT2D eigenvalue weighted by atomic mass is 16.5. The van der Waals surface area contributed by atoms with Crippen molar-refractivity contribution in [2.75, 3.05) is 19.7 Å². The minimum atomic E-state index is 0.146. The van der Waals surface area contributed by atoms with Gasteiger partial charge in [-0.15, -0.1) is 10.2 Å². The number of rotatable bonds is 5. The molecular formula is C16H23N5O2. The van der Waals surface area contributed by atoms with Crippen LogP contribution in [0.15, 0.2) is 10.5 Å². The van der Waals surface area contributed by atoms with E-state index >= 15 is 0 Å². The maximum atomic E-state index is 5.90. The number of ether oxygens (including phenoxy) is 1. The predicted octanol–water partition coefficient (Wildman–Crippen LogP) is 1.66. The van der Waals surface area contributed by atoms with E-state index in [2.05, 4.69) is 33.2 Å². The van der Waals surface area contributed by atoms with Crippen LogP contribution in [0.25, 0.3) is 0 Å². The van der Waals surface area contributed by atoms with Crippen LogP contribution >= 0.6 is 0 Å². The third-order valence-corrected chi connectivity index (χ3v) is 4.47. The van der Waals surface area contributed by atoms with Crippen molar-refractivity contribution in [1.29, 1.82) is 0 Å². The molecule has 7 heteroatoms. The number of hydrogen-bond acceptors (Lipinski definition) is 6. The van der Waals surface area contributed by atoms with Crippen LogP contribution in [0.1, 0.15) is 41.9 Å². The van der Waals surface area contributed by atoms with Crippen molar-refractivity contribution in [2.24, 2.45) is 0 Å². The minimum absolute atomic E-state index is 0.146. The molecular weight excluding hydrogens is 294 g/mol. The van der Waals surface area contributed by atoms with E-state index in [1.165, 1.54) is 18.5 Å². The summed E-state index contributed by atoms with van der Waals surface area (Å²) >= 11 is 0. The van der Waals surface area contributed by atoms with E-state index in [1.54, 1.807) is 0 Å². The second-order valence-electron chi connectivity index (χ2n) is 6.65. The Morgan fingerprint density at radius 1 is 1.26 bits per heavy atom. The fraction of sp³-hybridized carbons (Fsp3) is 0.688. The quantitative estimate of drug-likeness (QED) is 0.835. The molecule has 1 atom stereocenters. The summed E-state index contributed by atoms with van der Waals surface area (Å²) in [5.41, 5.74) is 2.22. The molecule has 7 nitrogen and oxygen atoms in total. The molecule has 0 bridgehead atoms. The van der Waals surface area contributed by atoms with Gasteiger partial charge in [-0.3, -0.25) is 9.58 Å². The third kappa shape index (κ3) is 3.45. The first-order valence-electron chi connectivity index (χ1n) is 8.34. The molecule has 23 heavy (non-hydrogen) atoms. The first-order chi connectivity index (χ1) is 11.2. The summed E-state index contributed by atoms with van der Waals surface area (Å²) < 4.78 is 13.7. The highest BCUT2D eigenvalue weighted by molar-refractivity contribution is 5.06. The van der Waals surface area contributed by atoms with E-state index in [1.807, 2.05) is 11.6 Å². The van der Waals surface area contributed by atoms with Gasteiger partial charge in [0.15, 0.2) is 0 Å². The molecule has 124 valence electrons. The Labute approximate surface area is 135 Å². The van der Waals surface area contributed by atoms with Crippen molar-refractivity contribution in [1.82, 2.24) is 24.9 Å². The van der Waals surface area contributed by atoms with Crippen molar-refractivity contribution in [3.8, 4) is 0 Å². The zero-order valence-electron chi connectivity index (χ0n) is 13.7. The topological polar surface area (TPSA) is 69.2 Å². The number of aryl methyl sites for hydroxylation is 2. The molecule has 1 aliphatic heterocycles. The summed E-state index contributed by atoms with van der Waals surface area (Å²) in [7, 11) is 0. The number of nitrogens with zero attached hydrogens (tertiary/aromatic N) is 5. The lowest BCUT2D eigenvalue weighted by atomic mass is 10.2. The van der Waals surface area contributed by atoms with E-state index in [-0.39, 0.29) is 6.10 Å². The molecule has 0 amide bonds. The Hall–Kier alpha value is -1.73. The Balaban J connectivity index is 1.35. The summed E-state index contributed by atoms with van der Waals surface area (Å²) in [6, 6.07) is 2.10. The van der Waals surface area contributed by atoms with Gasteiger partial charge in [0.05, 0.1) is 31.5 Å². The zero-order chi connectivity index (χ0) is 15.8. The molecule has 1 saturated heterocycles. The molecule has 3 heterocycles. The molecule has 4 rings (SSSR count). The number of morpholine rings is 1. The SMILES string of the molecule is Cc1cc(C)n(C[C@H]2CN(Cc3nnc(C4CC4)o3)CCO2)n1. The lowest BCUT2D eigenvalue weighted by molar-refractivity contribution is -0.0426. The molecule has 0 spiro atoms. The summed E-state index contributed by atoms with van der Waals surface area (Å²) in [6.45, 7) is 8.08. The van der Waals surface area contributed by atoms with Crippen LogP contribution in [0, 0.1) is 13.8 Å². The van der Waals surface area contributed by atoms with E-state index in [9.17, 15) is 0 Å². The van der Waals surface area contributed by atoms with Crippen molar-refractivity contribution in [2.45, 2.75) is 51.8 Å². The lowest BCUT2D eigenvalue weighted by Gasteiger charge is -2.32. The van der Waals surface area contributed by atoms with Gasteiger partial charge in [0.25, 0.3) is 0 Å². The molecule has 2 aromatic heterocycles. The monoisotopic (exact) mass is 317 g/mol. The average molecular weight is 317 g/mol. The van der Waals surface area contributed by atoms with E-state index < -0.39 is 0 Å². The maximum Gasteiger partial charge on any atom is 0.230 e. The maximum absolute atomic E-state index is 5.90. The minimum Gasteiger partial charge on any atom is -0.424 e. The highest BCUT2D eigenvalue weighted by Crippen LogP contribution is 2.39. The summed E-state index contributed by atoms with van der Waals surface area (Å²) in [5, 5.41) is 12.9. The first kappa shape index (κ1) is 14.8. The van der Waals surface area contributed by atoms with Gasteiger partial charge < -0.3 is 9.15 Å². The van der Waals surface area contributed by atoms with E-state index in [0.717, 1.165) is 43.7 Å². The van der Waals surface area contributed by atoms with Crippen LogP contribution < -0.4 is 0 Å². The molecule has 2 aromatic rings. The second-order valence-corrected chi connectivity index (χ2v) is 6.65. The average Bonchev–Trinajstić information content (AvgIpc) is 3.19. The fourth-order valence-electron chi connectivity index (χ4n) is 3.10. The smallest absolute Gasteiger partial charge is 0.230 e. The van der Waals surface area contributed by atoms with Gasteiger partial charge in [-0.25, -0.2) is 0 Å². The molecule has 1 aliphatic carbocycles. The molecule has 0 N–H and O–H groups in total. The van der Waals surface area contributed by atoms with Crippen LogP contribution in [0.2, 0.25) is 0 Å². The molecule has 1 saturated carbocycles. The Bertz CT molecular complexity index is 676. The third-order valence-electron chi connectivity index (χ3n) is 4.47. The number of aromatic nitrogens is 4. The van der Waals surface area contributed by atoms with Crippen LogP contribution in [0.5, 0.6) is 0 Å². The van der Waals surface area contributed by atoms with Gasteiger partial charge in [-0.05, 0) is 32.8 Å². The first-order valence-corrected chi connectivity index (χ1v) is 8.34. The Morgan fingerprint density at radius 2 is 2.13 bits per heavy atom. The van der Waals surface area contributed by atoms with Crippen LogP contribution in [0.4, 0.5) is 0 Å². The lowest BCUT2D eigenvalue weighted by Crippen LogP contribution is -2.44. The van der Waals surface area contributed by atoms with Crippen molar-refractivity contribution >= 4 is 0 Å². The van der Waals surface area contributed by atoms with Crippen molar-refractivity contribution in [3.05, 3.63) is 29.2 Å². The fourth-order valence-corrected chi connectivity index (χ4v) is 3.10. The summed E-state index contributed by atoms with van der Waals surface area (Å²) in [5.74, 6) is 2.05. The van der Waals surface area contributed by atoms with Crippen LogP contribution in [0.3, 0.4) is 0 Å². The molecule has 2 fully saturated rings. The Morgan fingerprint density at radius 3 is 2.87 bits per heavy atom. The van der Waals surface area contributed by atoms with Gasteiger partial charge in [0.2, 0.25) is 11.8 Å². The van der Waals surface area contributed by atoms with Crippen molar-refractivity contribution < 1.29 is 9.15 Å². The summed E-state index contributed by atoms with van der Waals surface area (Å²) in [6.07, 6.45) is 2.51. The summed E-state index contributed by atoms with van der Waals surface area (Å²) in [4.78, 5) is 2.32. The molecule has 0 radical (unpaired) electrons. The van der Waals surface area contributed by atoms with Crippen LogP contribution in [-0.2, 0) is 17.8 Å². The Kier molecular flexibility index (Phi) is 3.90. The zero-order valence-corrected chi connectivity index (χ0v) is 13.7. The largest absolute Gasteiger partial charge is 0.424 e. The van der Waals surface area contributed by atoms with Gasteiger partial charge in [-0.2, -0.15) is 5.10 Å². The van der Waals surface area contributed by atoms with Gasteiger partial charge in [-0.1, -0.05) is 0 Å². The molecule has 2 aliphatic rings.